The Morgan fingerprint density at radius 2 is 2.33 bits per heavy atom. The van der Waals surface area contributed by atoms with E-state index in [1.165, 1.54) is 18.4 Å². The Balaban J connectivity index is 1.89. The van der Waals surface area contributed by atoms with E-state index in [1.807, 2.05) is 6.07 Å². The molecule has 1 aliphatic carbocycles. The van der Waals surface area contributed by atoms with E-state index < -0.39 is 0 Å². The summed E-state index contributed by atoms with van der Waals surface area (Å²) in [7, 11) is 0. The molecule has 2 nitrogen and oxygen atoms in total. The van der Waals surface area contributed by atoms with Crippen molar-refractivity contribution in [1.29, 1.82) is 0 Å². The first-order valence-electron chi connectivity index (χ1n) is 5.83. The van der Waals surface area contributed by atoms with Crippen LogP contribution in [0.15, 0.2) is 33.6 Å². The van der Waals surface area contributed by atoms with Crippen LogP contribution in [0.3, 0.4) is 0 Å². The third-order valence-corrected chi connectivity index (χ3v) is 4.50. The minimum Gasteiger partial charge on any atom is -0.348 e. The molecule has 0 amide bonds. The Morgan fingerprint density at radius 3 is 2.94 bits per heavy atom. The van der Waals surface area contributed by atoms with Gasteiger partial charge in [-0.25, -0.2) is 4.98 Å². The first-order chi connectivity index (χ1) is 8.74. The van der Waals surface area contributed by atoms with Crippen LogP contribution < -0.4 is 4.90 Å². The summed E-state index contributed by atoms with van der Waals surface area (Å²) < 4.78 is 0.970. The number of pyridine rings is 1. The average molecular weight is 344 g/mol. The van der Waals surface area contributed by atoms with Gasteiger partial charge in [0.15, 0.2) is 0 Å². The molecule has 3 rings (SSSR count). The number of aromatic nitrogens is 1. The lowest BCUT2D eigenvalue weighted by atomic mass is 10.3. The number of halogens is 2. The molecule has 5 heteroatoms. The van der Waals surface area contributed by atoms with Crippen molar-refractivity contribution in [3.63, 3.8) is 0 Å². The summed E-state index contributed by atoms with van der Waals surface area (Å²) in [4.78, 5) is 6.83. The van der Waals surface area contributed by atoms with Gasteiger partial charge in [0.1, 0.15) is 5.82 Å². The van der Waals surface area contributed by atoms with E-state index >= 15 is 0 Å². The van der Waals surface area contributed by atoms with Crippen LogP contribution in [0.25, 0.3) is 0 Å². The smallest absolute Gasteiger partial charge is 0.143 e. The van der Waals surface area contributed by atoms with Crippen molar-refractivity contribution in [3.8, 4) is 0 Å². The molecule has 0 atom stereocenters. The molecule has 0 radical (unpaired) electrons. The second-order valence-corrected chi connectivity index (χ2v) is 6.52. The summed E-state index contributed by atoms with van der Waals surface area (Å²) in [5, 5.41) is 4.97. The molecule has 18 heavy (non-hydrogen) atoms. The van der Waals surface area contributed by atoms with E-state index in [2.05, 4.69) is 42.6 Å². The summed E-state index contributed by atoms with van der Waals surface area (Å²) in [5.74, 6) is 0.994. The first kappa shape index (κ1) is 12.5. The molecule has 0 aromatic carbocycles. The van der Waals surface area contributed by atoms with E-state index in [-0.39, 0.29) is 0 Å². The van der Waals surface area contributed by atoms with Gasteiger partial charge in [-0.1, -0.05) is 11.6 Å². The maximum atomic E-state index is 5.95. The summed E-state index contributed by atoms with van der Waals surface area (Å²) >= 11 is 11.2. The molecule has 2 aromatic rings. The maximum absolute atomic E-state index is 5.95. The number of hydrogen-bond donors (Lipinski definition) is 0. The third kappa shape index (κ3) is 2.71. The standard InChI is InChI=1S/C13H12BrClN2S/c14-12-5-10(15)6-16-13(12)17(11-1-2-11)7-9-3-4-18-8-9/h3-6,8,11H,1-2,7H2. The monoisotopic (exact) mass is 342 g/mol. The number of nitrogens with zero attached hydrogens (tertiary/aromatic N) is 2. The van der Waals surface area contributed by atoms with Gasteiger partial charge >= 0.3 is 0 Å². The van der Waals surface area contributed by atoms with Crippen LogP contribution in [0, 0.1) is 0 Å². The summed E-state index contributed by atoms with van der Waals surface area (Å²) in [6.45, 7) is 0.918. The molecule has 0 unspecified atom stereocenters. The van der Waals surface area contributed by atoms with Gasteiger partial charge in [-0.2, -0.15) is 11.3 Å². The van der Waals surface area contributed by atoms with Crippen molar-refractivity contribution in [1.82, 2.24) is 4.98 Å². The second-order valence-electron chi connectivity index (χ2n) is 4.45. The SMILES string of the molecule is Clc1cnc(N(Cc2ccsc2)C2CC2)c(Br)c1. The fourth-order valence-electron chi connectivity index (χ4n) is 1.96. The zero-order valence-corrected chi connectivity index (χ0v) is 12.8. The lowest BCUT2D eigenvalue weighted by Gasteiger charge is -2.24. The molecular formula is C13H12BrClN2S. The molecule has 2 heterocycles. The molecule has 0 N–H and O–H groups in total. The zero-order chi connectivity index (χ0) is 12.5. The highest BCUT2D eigenvalue weighted by molar-refractivity contribution is 9.10. The molecule has 94 valence electrons. The molecular weight excluding hydrogens is 332 g/mol. The Hall–Kier alpha value is -0.580. The van der Waals surface area contributed by atoms with Crippen LogP contribution in [0.5, 0.6) is 0 Å². The summed E-state index contributed by atoms with van der Waals surface area (Å²) in [6, 6.07) is 4.70. The predicted octanol–water partition coefficient (Wildman–Crippen LogP) is 4.73. The maximum Gasteiger partial charge on any atom is 0.143 e. The molecule has 1 fully saturated rings. The van der Waals surface area contributed by atoms with Gasteiger partial charge in [-0.15, -0.1) is 0 Å². The fourth-order valence-corrected chi connectivity index (χ4v) is 3.49. The van der Waals surface area contributed by atoms with Gasteiger partial charge < -0.3 is 4.90 Å². The summed E-state index contributed by atoms with van der Waals surface area (Å²) in [5.41, 5.74) is 1.34. The Labute approximate surface area is 124 Å². The van der Waals surface area contributed by atoms with E-state index in [0.717, 1.165) is 16.8 Å². The topological polar surface area (TPSA) is 16.1 Å². The highest BCUT2D eigenvalue weighted by Gasteiger charge is 2.31. The highest BCUT2D eigenvalue weighted by Crippen LogP contribution is 2.36. The van der Waals surface area contributed by atoms with Crippen LogP contribution in [0.2, 0.25) is 5.02 Å². The lowest BCUT2D eigenvalue weighted by Crippen LogP contribution is -2.26. The van der Waals surface area contributed by atoms with E-state index in [9.17, 15) is 0 Å². The largest absolute Gasteiger partial charge is 0.348 e. The average Bonchev–Trinajstić information content (AvgIpc) is 3.05. The Kier molecular flexibility index (Phi) is 3.59. The number of thiophene rings is 1. The second kappa shape index (κ2) is 5.19. The van der Waals surface area contributed by atoms with Crippen molar-refractivity contribution in [2.75, 3.05) is 4.90 Å². The van der Waals surface area contributed by atoms with Crippen LogP contribution in [0.4, 0.5) is 5.82 Å². The van der Waals surface area contributed by atoms with Crippen LogP contribution in [-0.2, 0) is 6.54 Å². The third-order valence-electron chi connectivity index (χ3n) is 2.98. The van der Waals surface area contributed by atoms with Gasteiger partial charge in [0.25, 0.3) is 0 Å². The zero-order valence-electron chi connectivity index (χ0n) is 9.64. The molecule has 0 bridgehead atoms. The van der Waals surface area contributed by atoms with Gasteiger partial charge in [-0.3, -0.25) is 0 Å². The van der Waals surface area contributed by atoms with Crippen LogP contribution in [-0.4, -0.2) is 11.0 Å². The highest BCUT2D eigenvalue weighted by atomic mass is 79.9. The molecule has 2 aromatic heterocycles. The molecule has 0 spiro atoms. The minimum absolute atomic E-state index is 0.620. The van der Waals surface area contributed by atoms with Crippen LogP contribution in [0.1, 0.15) is 18.4 Å². The van der Waals surface area contributed by atoms with Gasteiger partial charge in [-0.05, 0) is 57.2 Å². The Morgan fingerprint density at radius 1 is 1.50 bits per heavy atom. The molecule has 0 aliphatic heterocycles. The number of hydrogen-bond acceptors (Lipinski definition) is 3. The predicted molar refractivity (Wildman–Crippen MR) is 80.5 cm³/mol. The van der Waals surface area contributed by atoms with Gasteiger partial charge in [0.05, 0.1) is 9.50 Å². The normalized spacial score (nSPS) is 14.8. The van der Waals surface area contributed by atoms with Gasteiger partial charge in [0.2, 0.25) is 0 Å². The van der Waals surface area contributed by atoms with Crippen molar-refractivity contribution in [3.05, 3.63) is 44.1 Å². The molecule has 1 saturated carbocycles. The number of anilines is 1. The fraction of sp³-hybridized carbons (Fsp3) is 0.308. The van der Waals surface area contributed by atoms with E-state index in [4.69, 9.17) is 11.6 Å². The van der Waals surface area contributed by atoms with E-state index in [0.29, 0.717) is 11.1 Å². The number of rotatable bonds is 4. The Bertz CT molecular complexity index is 540. The molecule has 0 saturated heterocycles. The van der Waals surface area contributed by atoms with Crippen molar-refractivity contribution < 1.29 is 0 Å². The summed E-state index contributed by atoms with van der Waals surface area (Å²) in [6.07, 6.45) is 4.21. The quantitative estimate of drug-likeness (QED) is 0.798. The molecule has 1 aliphatic rings. The van der Waals surface area contributed by atoms with Crippen molar-refractivity contribution >= 4 is 44.7 Å². The lowest BCUT2D eigenvalue weighted by molar-refractivity contribution is 0.777. The minimum atomic E-state index is 0.620. The first-order valence-corrected chi connectivity index (χ1v) is 7.94. The van der Waals surface area contributed by atoms with E-state index in [1.54, 1.807) is 17.5 Å². The van der Waals surface area contributed by atoms with Gasteiger partial charge in [0, 0.05) is 18.8 Å². The van der Waals surface area contributed by atoms with Crippen molar-refractivity contribution in [2.45, 2.75) is 25.4 Å². The van der Waals surface area contributed by atoms with Crippen LogP contribution >= 0.6 is 38.9 Å². The van der Waals surface area contributed by atoms with Crippen molar-refractivity contribution in [2.24, 2.45) is 0 Å².